The van der Waals surface area contributed by atoms with Gasteiger partial charge < -0.3 is 9.84 Å². The van der Waals surface area contributed by atoms with Gasteiger partial charge in [0.05, 0.1) is 12.1 Å². The Morgan fingerprint density at radius 2 is 2.11 bits per heavy atom. The molecule has 1 heterocycles. The number of nitrogens with zero attached hydrogens (tertiary/aromatic N) is 2. The van der Waals surface area contributed by atoms with Crippen LogP contribution in [0.2, 0.25) is 0 Å². The van der Waals surface area contributed by atoms with Crippen molar-refractivity contribution in [1.29, 1.82) is 0 Å². The first-order chi connectivity index (χ1) is 9.00. The highest BCUT2D eigenvalue weighted by molar-refractivity contribution is 5.55. The third-order valence-electron chi connectivity index (χ3n) is 2.44. The lowest BCUT2D eigenvalue weighted by atomic mass is 10.1. The van der Waals surface area contributed by atoms with Gasteiger partial charge in [-0.25, -0.2) is 0 Å². The van der Waals surface area contributed by atoms with Crippen LogP contribution in [0, 0.1) is 0 Å². The summed E-state index contributed by atoms with van der Waals surface area (Å²) in [4.78, 5) is 4.03. The van der Waals surface area contributed by atoms with Gasteiger partial charge >= 0.3 is 6.18 Å². The van der Waals surface area contributed by atoms with Gasteiger partial charge in [-0.1, -0.05) is 24.2 Å². The number of rotatable bonds is 4. The normalized spacial score (nSPS) is 11.8. The van der Waals surface area contributed by atoms with E-state index in [4.69, 9.17) is 4.52 Å². The van der Waals surface area contributed by atoms with Crippen molar-refractivity contribution < 1.29 is 17.7 Å². The van der Waals surface area contributed by atoms with Gasteiger partial charge in [0.25, 0.3) is 0 Å². The molecule has 19 heavy (non-hydrogen) atoms. The van der Waals surface area contributed by atoms with E-state index in [1.54, 1.807) is 0 Å². The first kappa shape index (κ1) is 13.5. The van der Waals surface area contributed by atoms with E-state index >= 15 is 0 Å². The van der Waals surface area contributed by atoms with Crippen LogP contribution in [0.1, 0.15) is 18.4 Å². The molecule has 2 rings (SSSR count). The predicted molar refractivity (Wildman–Crippen MR) is 62.1 cm³/mol. The second-order valence-corrected chi connectivity index (χ2v) is 3.87. The lowest BCUT2D eigenvalue weighted by Gasteiger charge is -2.06. The highest BCUT2D eigenvalue weighted by Gasteiger charge is 2.30. The molecule has 4 nitrogen and oxygen atoms in total. The van der Waals surface area contributed by atoms with E-state index in [1.807, 2.05) is 6.92 Å². The molecule has 0 atom stereocenters. The monoisotopic (exact) mass is 271 g/mol. The molecule has 0 saturated carbocycles. The minimum atomic E-state index is -4.38. The molecule has 2 aromatic rings. The fourth-order valence-electron chi connectivity index (χ4n) is 1.51. The molecule has 0 aliphatic carbocycles. The van der Waals surface area contributed by atoms with Gasteiger partial charge in [0, 0.05) is 5.56 Å². The second-order valence-electron chi connectivity index (χ2n) is 3.87. The number of hydrogen-bond acceptors (Lipinski definition) is 4. The molecule has 7 heteroatoms. The first-order valence-electron chi connectivity index (χ1n) is 5.71. The smallest absolute Gasteiger partial charge is 0.338 e. The van der Waals surface area contributed by atoms with Gasteiger partial charge in [0.1, 0.15) is 0 Å². The van der Waals surface area contributed by atoms with E-state index in [-0.39, 0.29) is 11.4 Å². The number of hydrogen-bond donors (Lipinski definition) is 1. The van der Waals surface area contributed by atoms with Crippen molar-refractivity contribution in [3.05, 3.63) is 35.7 Å². The van der Waals surface area contributed by atoms with Crippen molar-refractivity contribution in [2.45, 2.75) is 19.6 Å². The van der Waals surface area contributed by atoms with Gasteiger partial charge in [-0.3, -0.25) is 0 Å². The van der Waals surface area contributed by atoms with Gasteiger partial charge in [-0.2, -0.15) is 18.2 Å². The molecule has 102 valence electrons. The van der Waals surface area contributed by atoms with Gasteiger partial charge in [0.15, 0.2) is 0 Å². The molecule has 0 aliphatic heterocycles. The maximum absolute atomic E-state index is 12.6. The lowest BCUT2D eigenvalue weighted by Crippen LogP contribution is -2.11. The molecule has 1 aromatic heterocycles. The van der Waals surface area contributed by atoms with Crippen LogP contribution < -0.4 is 5.32 Å². The van der Waals surface area contributed by atoms with Gasteiger partial charge in [-0.15, -0.1) is 0 Å². The SMILES string of the molecule is CCNCc1nc(-c2cccc(C(F)(F)F)c2)no1. The Morgan fingerprint density at radius 3 is 2.79 bits per heavy atom. The third kappa shape index (κ3) is 3.31. The molecule has 0 bridgehead atoms. The molecular weight excluding hydrogens is 259 g/mol. The fourth-order valence-corrected chi connectivity index (χ4v) is 1.51. The summed E-state index contributed by atoms with van der Waals surface area (Å²) in [6.45, 7) is 3.05. The number of aromatic nitrogens is 2. The summed E-state index contributed by atoms with van der Waals surface area (Å²) < 4.78 is 42.7. The number of benzene rings is 1. The Bertz CT molecular complexity index is 551. The second kappa shape index (κ2) is 5.40. The van der Waals surface area contributed by atoms with Crippen LogP contribution in [0.15, 0.2) is 28.8 Å². The third-order valence-corrected chi connectivity index (χ3v) is 2.44. The molecule has 0 amide bonds. The fraction of sp³-hybridized carbons (Fsp3) is 0.333. The van der Waals surface area contributed by atoms with E-state index in [0.717, 1.165) is 18.7 Å². The molecule has 1 N–H and O–H groups in total. The summed E-state index contributed by atoms with van der Waals surface area (Å²) in [6, 6.07) is 4.83. The first-order valence-corrected chi connectivity index (χ1v) is 5.71. The summed E-state index contributed by atoms with van der Waals surface area (Å²) in [6.07, 6.45) is -4.38. The quantitative estimate of drug-likeness (QED) is 0.929. The maximum atomic E-state index is 12.6. The highest BCUT2D eigenvalue weighted by atomic mass is 19.4. The van der Waals surface area contributed by atoms with Gasteiger partial charge in [-0.05, 0) is 18.7 Å². The average molecular weight is 271 g/mol. The van der Waals surface area contributed by atoms with Crippen molar-refractivity contribution >= 4 is 0 Å². The van der Waals surface area contributed by atoms with E-state index in [2.05, 4.69) is 15.5 Å². The van der Waals surface area contributed by atoms with E-state index in [9.17, 15) is 13.2 Å². The van der Waals surface area contributed by atoms with Gasteiger partial charge in [0.2, 0.25) is 11.7 Å². The zero-order chi connectivity index (χ0) is 13.9. The number of alkyl halides is 3. The van der Waals surface area contributed by atoms with Crippen LogP contribution in [0.3, 0.4) is 0 Å². The summed E-state index contributed by atoms with van der Waals surface area (Å²) in [5, 5.41) is 6.66. The van der Waals surface area contributed by atoms with Crippen molar-refractivity contribution in [2.24, 2.45) is 0 Å². The molecule has 1 aromatic carbocycles. The molecule has 0 aliphatic rings. The molecule has 0 radical (unpaired) electrons. The standard InChI is InChI=1S/C12H12F3N3O/c1-2-16-7-10-17-11(18-19-10)8-4-3-5-9(6-8)12(13,14)15/h3-6,16H,2,7H2,1H3. The highest BCUT2D eigenvalue weighted by Crippen LogP contribution is 2.31. The van der Waals surface area contributed by atoms with Crippen LogP contribution in [-0.2, 0) is 12.7 Å². The Kier molecular flexibility index (Phi) is 3.84. The van der Waals surface area contributed by atoms with Crippen LogP contribution in [0.25, 0.3) is 11.4 Å². The molecule has 0 spiro atoms. The Labute approximate surface area is 107 Å². The van der Waals surface area contributed by atoms with Crippen LogP contribution >= 0.6 is 0 Å². The summed E-state index contributed by atoms with van der Waals surface area (Å²) >= 11 is 0. The Balaban J connectivity index is 2.24. The van der Waals surface area contributed by atoms with Crippen LogP contribution in [-0.4, -0.2) is 16.7 Å². The summed E-state index contributed by atoms with van der Waals surface area (Å²) in [5.74, 6) is 0.494. The van der Waals surface area contributed by atoms with Crippen molar-refractivity contribution in [3.63, 3.8) is 0 Å². The Hall–Kier alpha value is -1.89. The number of nitrogens with one attached hydrogen (secondary N) is 1. The summed E-state index contributed by atoms with van der Waals surface area (Å²) in [5.41, 5.74) is -0.454. The molecule has 0 fully saturated rings. The number of halogens is 3. The van der Waals surface area contributed by atoms with Crippen molar-refractivity contribution in [2.75, 3.05) is 6.54 Å². The Morgan fingerprint density at radius 1 is 1.32 bits per heavy atom. The van der Waals surface area contributed by atoms with Crippen molar-refractivity contribution in [3.8, 4) is 11.4 Å². The average Bonchev–Trinajstić information content (AvgIpc) is 2.84. The zero-order valence-corrected chi connectivity index (χ0v) is 10.2. The molecule has 0 unspecified atom stereocenters. The predicted octanol–water partition coefficient (Wildman–Crippen LogP) is 2.86. The minimum absolute atomic E-state index is 0.152. The topological polar surface area (TPSA) is 51.0 Å². The minimum Gasteiger partial charge on any atom is -0.338 e. The van der Waals surface area contributed by atoms with Crippen LogP contribution in [0.5, 0.6) is 0 Å². The zero-order valence-electron chi connectivity index (χ0n) is 10.2. The molecular formula is C12H12F3N3O. The van der Waals surface area contributed by atoms with Crippen LogP contribution in [0.4, 0.5) is 13.2 Å². The largest absolute Gasteiger partial charge is 0.416 e. The van der Waals surface area contributed by atoms with E-state index in [1.165, 1.54) is 12.1 Å². The van der Waals surface area contributed by atoms with Crippen molar-refractivity contribution in [1.82, 2.24) is 15.5 Å². The molecule has 0 saturated heterocycles. The maximum Gasteiger partial charge on any atom is 0.416 e. The summed E-state index contributed by atoms with van der Waals surface area (Å²) in [7, 11) is 0. The van der Waals surface area contributed by atoms with E-state index < -0.39 is 11.7 Å². The van der Waals surface area contributed by atoms with E-state index in [0.29, 0.717) is 12.4 Å². The lowest BCUT2D eigenvalue weighted by molar-refractivity contribution is -0.137.